The van der Waals surface area contributed by atoms with Gasteiger partial charge in [-0.05, 0) is 13.3 Å². The molecule has 0 aliphatic heterocycles. The van der Waals surface area contributed by atoms with E-state index in [0.717, 1.165) is 12.2 Å². The van der Waals surface area contributed by atoms with Crippen molar-refractivity contribution in [1.82, 2.24) is 9.97 Å². The molecule has 20 heavy (non-hydrogen) atoms. The van der Waals surface area contributed by atoms with Crippen LogP contribution in [0.25, 0.3) is 0 Å². The second-order valence-corrected chi connectivity index (χ2v) is 6.15. The molecule has 1 aromatic heterocycles. The molecule has 2 nitrogen and oxygen atoms in total. The molecule has 1 heterocycles. The second-order valence-electron chi connectivity index (χ2n) is 6.15. The number of H-pyrrole nitrogens is 1. The first-order chi connectivity index (χ1) is 9.83. The Morgan fingerprint density at radius 2 is 1.30 bits per heavy atom. The summed E-state index contributed by atoms with van der Waals surface area (Å²) in [7, 11) is 0. The van der Waals surface area contributed by atoms with Crippen molar-refractivity contribution in [2.24, 2.45) is 0 Å². The summed E-state index contributed by atoms with van der Waals surface area (Å²) in [4.78, 5) is 7.65. The molecular formula is C18H34N2. The number of rotatable bonds is 13. The first kappa shape index (κ1) is 17.3. The highest BCUT2D eigenvalue weighted by Crippen LogP contribution is 2.12. The third-order valence-corrected chi connectivity index (χ3v) is 4.02. The van der Waals surface area contributed by atoms with Gasteiger partial charge in [0.05, 0.1) is 0 Å². The Kier molecular flexibility index (Phi) is 10.3. The van der Waals surface area contributed by atoms with Crippen LogP contribution in [0.2, 0.25) is 0 Å². The Labute approximate surface area is 125 Å². The predicted octanol–water partition coefficient (Wildman–Crippen LogP) is 5.96. The van der Waals surface area contributed by atoms with Crippen molar-refractivity contribution < 1.29 is 0 Å². The molecular weight excluding hydrogens is 244 g/mol. The largest absolute Gasteiger partial charge is 0.346 e. The van der Waals surface area contributed by atoms with Crippen LogP contribution in [0.1, 0.15) is 95.5 Å². The lowest BCUT2D eigenvalue weighted by Crippen LogP contribution is -1.89. The van der Waals surface area contributed by atoms with Gasteiger partial charge in [-0.1, -0.05) is 77.6 Å². The number of aryl methyl sites for hydroxylation is 2. The topological polar surface area (TPSA) is 28.7 Å². The normalized spacial score (nSPS) is 11.1. The van der Waals surface area contributed by atoms with Gasteiger partial charge in [0.25, 0.3) is 0 Å². The first-order valence-electron chi connectivity index (χ1n) is 8.83. The van der Waals surface area contributed by atoms with Gasteiger partial charge >= 0.3 is 0 Å². The number of imidazole rings is 1. The summed E-state index contributed by atoms with van der Waals surface area (Å²) < 4.78 is 0. The fourth-order valence-electron chi connectivity index (χ4n) is 2.73. The molecule has 0 aromatic carbocycles. The van der Waals surface area contributed by atoms with E-state index in [2.05, 4.69) is 23.8 Å². The maximum atomic E-state index is 4.35. The van der Waals surface area contributed by atoms with Gasteiger partial charge in [0.1, 0.15) is 5.82 Å². The zero-order chi connectivity index (χ0) is 14.5. The van der Waals surface area contributed by atoms with Gasteiger partial charge < -0.3 is 4.98 Å². The minimum Gasteiger partial charge on any atom is -0.346 e. The summed E-state index contributed by atoms with van der Waals surface area (Å²) in [5.41, 5.74) is 1.18. The Hall–Kier alpha value is -0.790. The quantitative estimate of drug-likeness (QED) is 0.443. The lowest BCUT2D eigenvalue weighted by Gasteiger charge is -2.02. The highest BCUT2D eigenvalue weighted by atomic mass is 14.9. The van der Waals surface area contributed by atoms with Gasteiger partial charge in [0.2, 0.25) is 0 Å². The van der Waals surface area contributed by atoms with E-state index in [0.29, 0.717) is 0 Å². The number of aromatic nitrogens is 2. The van der Waals surface area contributed by atoms with Crippen molar-refractivity contribution in [2.45, 2.75) is 97.3 Å². The molecule has 0 aliphatic rings. The summed E-state index contributed by atoms with van der Waals surface area (Å²) in [6.07, 6.45) is 20.0. The van der Waals surface area contributed by atoms with Crippen molar-refractivity contribution in [2.75, 3.05) is 0 Å². The maximum Gasteiger partial charge on any atom is 0.106 e. The van der Waals surface area contributed by atoms with Crippen LogP contribution >= 0.6 is 0 Å². The predicted molar refractivity (Wildman–Crippen MR) is 88.1 cm³/mol. The Morgan fingerprint density at radius 3 is 1.75 bits per heavy atom. The molecule has 0 unspecified atom stereocenters. The number of hydrogen-bond acceptors (Lipinski definition) is 1. The Bertz CT molecular complexity index is 317. The van der Waals surface area contributed by atoms with E-state index in [1.807, 2.05) is 6.20 Å². The average Bonchev–Trinajstić information content (AvgIpc) is 2.86. The first-order valence-corrected chi connectivity index (χ1v) is 8.83. The van der Waals surface area contributed by atoms with Gasteiger partial charge in [-0.3, -0.25) is 0 Å². The third kappa shape index (κ3) is 9.17. The molecule has 1 aromatic rings. The average molecular weight is 278 g/mol. The van der Waals surface area contributed by atoms with Crippen molar-refractivity contribution in [3.8, 4) is 0 Å². The van der Waals surface area contributed by atoms with E-state index >= 15 is 0 Å². The molecule has 2 heteroatoms. The van der Waals surface area contributed by atoms with Crippen LogP contribution in [0.4, 0.5) is 0 Å². The Balaban J connectivity index is 1.76. The van der Waals surface area contributed by atoms with Crippen LogP contribution in [0.3, 0.4) is 0 Å². The maximum absolute atomic E-state index is 4.35. The highest BCUT2D eigenvalue weighted by Gasteiger charge is 1.97. The van der Waals surface area contributed by atoms with E-state index in [9.17, 15) is 0 Å². The summed E-state index contributed by atoms with van der Waals surface area (Å²) in [6, 6.07) is 0. The number of hydrogen-bond donors (Lipinski definition) is 1. The smallest absolute Gasteiger partial charge is 0.106 e. The lowest BCUT2D eigenvalue weighted by atomic mass is 10.0. The van der Waals surface area contributed by atoms with Crippen LogP contribution < -0.4 is 0 Å². The summed E-state index contributed by atoms with van der Waals surface area (Å²) in [6.45, 7) is 4.35. The van der Waals surface area contributed by atoms with E-state index in [1.54, 1.807) is 0 Å². The molecule has 1 rings (SSSR count). The van der Waals surface area contributed by atoms with Crippen LogP contribution in [-0.4, -0.2) is 9.97 Å². The molecule has 0 aliphatic carbocycles. The number of unbranched alkanes of at least 4 members (excludes halogenated alkanes) is 11. The van der Waals surface area contributed by atoms with Gasteiger partial charge in [0, 0.05) is 18.3 Å². The SMILES string of the molecule is CCCCCCCCCCCCCCc1ncc(C)[nH]1. The minimum absolute atomic E-state index is 1.12. The molecule has 0 radical (unpaired) electrons. The van der Waals surface area contributed by atoms with Crippen molar-refractivity contribution >= 4 is 0 Å². The molecule has 0 amide bonds. The monoisotopic (exact) mass is 278 g/mol. The molecule has 0 atom stereocenters. The molecule has 116 valence electrons. The highest BCUT2D eigenvalue weighted by molar-refractivity contribution is 4.98. The van der Waals surface area contributed by atoms with Crippen LogP contribution in [0.15, 0.2) is 6.20 Å². The molecule has 0 spiro atoms. The van der Waals surface area contributed by atoms with E-state index < -0.39 is 0 Å². The van der Waals surface area contributed by atoms with Gasteiger partial charge in [0.15, 0.2) is 0 Å². The van der Waals surface area contributed by atoms with Crippen LogP contribution in [0, 0.1) is 6.92 Å². The van der Waals surface area contributed by atoms with Gasteiger partial charge in [-0.15, -0.1) is 0 Å². The van der Waals surface area contributed by atoms with Gasteiger partial charge in [-0.2, -0.15) is 0 Å². The Morgan fingerprint density at radius 1 is 0.800 bits per heavy atom. The van der Waals surface area contributed by atoms with Crippen molar-refractivity contribution in [3.05, 3.63) is 17.7 Å². The molecule has 0 saturated heterocycles. The molecule has 0 fully saturated rings. The van der Waals surface area contributed by atoms with Crippen LogP contribution in [0.5, 0.6) is 0 Å². The summed E-state index contributed by atoms with van der Waals surface area (Å²) >= 11 is 0. The molecule has 0 bridgehead atoms. The zero-order valence-corrected chi connectivity index (χ0v) is 13.7. The van der Waals surface area contributed by atoms with E-state index in [4.69, 9.17) is 0 Å². The zero-order valence-electron chi connectivity index (χ0n) is 13.7. The number of nitrogens with zero attached hydrogens (tertiary/aromatic N) is 1. The number of aromatic amines is 1. The summed E-state index contributed by atoms with van der Waals surface area (Å²) in [5.74, 6) is 1.16. The molecule has 0 saturated carbocycles. The molecule has 1 N–H and O–H groups in total. The van der Waals surface area contributed by atoms with Crippen molar-refractivity contribution in [1.29, 1.82) is 0 Å². The number of nitrogens with one attached hydrogen (secondary N) is 1. The minimum atomic E-state index is 1.12. The third-order valence-electron chi connectivity index (χ3n) is 4.02. The second kappa shape index (κ2) is 12.0. The standard InChI is InChI=1S/C18H34N2/c1-3-4-5-6-7-8-9-10-11-12-13-14-15-18-19-16-17(2)20-18/h16H,3-15H2,1-2H3,(H,19,20). The summed E-state index contributed by atoms with van der Waals surface area (Å²) in [5, 5.41) is 0. The fraction of sp³-hybridized carbons (Fsp3) is 0.833. The van der Waals surface area contributed by atoms with Crippen molar-refractivity contribution in [3.63, 3.8) is 0 Å². The van der Waals surface area contributed by atoms with E-state index in [-0.39, 0.29) is 0 Å². The van der Waals surface area contributed by atoms with E-state index in [1.165, 1.54) is 82.7 Å². The lowest BCUT2D eigenvalue weighted by molar-refractivity contribution is 0.543. The fourth-order valence-corrected chi connectivity index (χ4v) is 2.73. The van der Waals surface area contributed by atoms with Gasteiger partial charge in [-0.25, -0.2) is 4.98 Å². The van der Waals surface area contributed by atoms with Crippen LogP contribution in [-0.2, 0) is 6.42 Å².